The van der Waals surface area contributed by atoms with Crippen LogP contribution in [-0.2, 0) is 9.59 Å². The molecule has 1 unspecified atom stereocenters. The number of likely N-dealkylation sites (tertiary alicyclic amines) is 1. The van der Waals surface area contributed by atoms with E-state index in [1.807, 2.05) is 4.90 Å². The van der Waals surface area contributed by atoms with Gasteiger partial charge in [-0.15, -0.1) is 0 Å². The first kappa shape index (κ1) is 13.9. The lowest BCUT2D eigenvalue weighted by atomic mass is 10.0. The number of piperidine rings is 1. The van der Waals surface area contributed by atoms with E-state index in [1.165, 1.54) is 0 Å². The molecular formula is C15H18N2O4. The van der Waals surface area contributed by atoms with Gasteiger partial charge in [-0.3, -0.25) is 9.69 Å². The van der Waals surface area contributed by atoms with Crippen LogP contribution in [0.3, 0.4) is 0 Å². The summed E-state index contributed by atoms with van der Waals surface area (Å²) >= 11 is 0. The predicted molar refractivity (Wildman–Crippen MR) is 76.5 cm³/mol. The molecule has 1 atom stereocenters. The number of hydrogen-bond acceptors (Lipinski definition) is 5. The van der Waals surface area contributed by atoms with E-state index in [0.29, 0.717) is 17.2 Å². The van der Waals surface area contributed by atoms with Gasteiger partial charge in [0.15, 0.2) is 11.5 Å². The van der Waals surface area contributed by atoms with E-state index in [2.05, 4.69) is 5.32 Å². The summed E-state index contributed by atoms with van der Waals surface area (Å²) in [7, 11) is 0. The number of hydrogen-bond donors (Lipinski definition) is 1. The number of aldehydes is 1. The van der Waals surface area contributed by atoms with Crippen molar-refractivity contribution in [3.63, 3.8) is 0 Å². The zero-order chi connectivity index (χ0) is 14.7. The summed E-state index contributed by atoms with van der Waals surface area (Å²) in [5.74, 6) is 1.20. The van der Waals surface area contributed by atoms with E-state index in [0.717, 1.165) is 32.1 Å². The van der Waals surface area contributed by atoms with Crippen molar-refractivity contribution in [2.24, 2.45) is 0 Å². The molecule has 0 aliphatic carbocycles. The van der Waals surface area contributed by atoms with Gasteiger partial charge in [0.05, 0.1) is 12.6 Å². The van der Waals surface area contributed by atoms with Gasteiger partial charge in [-0.05, 0) is 31.5 Å². The molecule has 3 rings (SSSR count). The third-order valence-corrected chi connectivity index (χ3v) is 3.82. The van der Waals surface area contributed by atoms with Crippen molar-refractivity contribution in [3.05, 3.63) is 18.2 Å². The number of benzene rings is 1. The van der Waals surface area contributed by atoms with Gasteiger partial charge in [-0.25, -0.2) is 0 Å². The molecule has 0 aromatic heterocycles. The first-order chi connectivity index (χ1) is 10.3. The largest absolute Gasteiger partial charge is 0.454 e. The number of anilines is 1. The predicted octanol–water partition coefficient (Wildman–Crippen LogP) is 1.41. The van der Waals surface area contributed by atoms with Crippen LogP contribution in [-0.4, -0.2) is 43.0 Å². The summed E-state index contributed by atoms with van der Waals surface area (Å²) in [6, 6.07) is 5.15. The molecule has 1 N–H and O–H groups in total. The van der Waals surface area contributed by atoms with Gasteiger partial charge in [0.2, 0.25) is 12.7 Å². The summed E-state index contributed by atoms with van der Waals surface area (Å²) < 4.78 is 10.5. The average molecular weight is 290 g/mol. The van der Waals surface area contributed by atoms with Crippen LogP contribution >= 0.6 is 0 Å². The number of nitrogens with one attached hydrogen (secondary N) is 1. The molecule has 2 aliphatic heterocycles. The minimum Gasteiger partial charge on any atom is -0.454 e. The molecule has 1 saturated heterocycles. The Balaban J connectivity index is 1.59. The van der Waals surface area contributed by atoms with Gasteiger partial charge in [-0.2, -0.15) is 0 Å². The minimum absolute atomic E-state index is 0.123. The highest BCUT2D eigenvalue weighted by Crippen LogP contribution is 2.34. The normalized spacial score (nSPS) is 21.0. The van der Waals surface area contributed by atoms with Crippen LogP contribution in [0.1, 0.15) is 19.3 Å². The number of nitrogens with zero attached hydrogens (tertiary/aromatic N) is 1. The lowest BCUT2D eigenvalue weighted by Crippen LogP contribution is -2.44. The monoisotopic (exact) mass is 290 g/mol. The Morgan fingerprint density at radius 2 is 2.19 bits per heavy atom. The van der Waals surface area contributed by atoms with Crippen LogP contribution in [0.25, 0.3) is 0 Å². The Morgan fingerprint density at radius 3 is 3.05 bits per heavy atom. The first-order valence-corrected chi connectivity index (χ1v) is 7.15. The van der Waals surface area contributed by atoms with E-state index < -0.39 is 0 Å². The molecule has 0 saturated carbocycles. The molecule has 2 heterocycles. The summed E-state index contributed by atoms with van der Waals surface area (Å²) in [6.45, 7) is 1.23. The molecule has 1 aromatic carbocycles. The fourth-order valence-corrected chi connectivity index (χ4v) is 2.73. The number of amides is 1. The van der Waals surface area contributed by atoms with E-state index >= 15 is 0 Å². The van der Waals surface area contributed by atoms with E-state index in [1.54, 1.807) is 18.2 Å². The fraction of sp³-hybridized carbons (Fsp3) is 0.467. The maximum atomic E-state index is 12.1. The zero-order valence-electron chi connectivity index (χ0n) is 11.7. The Kier molecular flexibility index (Phi) is 4.06. The lowest BCUT2D eigenvalue weighted by molar-refractivity contribution is -0.120. The van der Waals surface area contributed by atoms with Gasteiger partial charge in [0.1, 0.15) is 6.29 Å². The summed E-state index contributed by atoms with van der Waals surface area (Å²) in [5, 5.41) is 2.83. The molecule has 0 radical (unpaired) electrons. The quantitative estimate of drug-likeness (QED) is 0.849. The fourth-order valence-electron chi connectivity index (χ4n) is 2.73. The Hall–Kier alpha value is -2.08. The highest BCUT2D eigenvalue weighted by atomic mass is 16.7. The standard InChI is InChI=1S/C15H18N2O4/c18-9-12-3-1-2-6-17(12)8-15(19)16-11-4-5-13-14(7-11)21-10-20-13/h4-5,7,9,12H,1-3,6,8,10H2,(H,16,19). The van der Waals surface area contributed by atoms with Gasteiger partial charge in [-0.1, -0.05) is 6.42 Å². The molecule has 21 heavy (non-hydrogen) atoms. The number of carbonyl (C=O) groups excluding carboxylic acids is 2. The molecule has 0 spiro atoms. The van der Waals surface area contributed by atoms with E-state index in [-0.39, 0.29) is 25.3 Å². The topological polar surface area (TPSA) is 67.9 Å². The van der Waals surface area contributed by atoms with Gasteiger partial charge >= 0.3 is 0 Å². The summed E-state index contributed by atoms with van der Waals surface area (Å²) in [6.07, 6.45) is 3.85. The van der Waals surface area contributed by atoms with Crippen LogP contribution in [0.4, 0.5) is 5.69 Å². The van der Waals surface area contributed by atoms with E-state index in [9.17, 15) is 9.59 Å². The molecule has 1 aromatic rings. The van der Waals surface area contributed by atoms with Crippen molar-refractivity contribution in [3.8, 4) is 11.5 Å². The third-order valence-electron chi connectivity index (χ3n) is 3.82. The zero-order valence-corrected chi connectivity index (χ0v) is 11.7. The second-order valence-electron chi connectivity index (χ2n) is 5.29. The Morgan fingerprint density at radius 1 is 1.33 bits per heavy atom. The van der Waals surface area contributed by atoms with Crippen LogP contribution in [0.15, 0.2) is 18.2 Å². The minimum atomic E-state index is -0.138. The maximum Gasteiger partial charge on any atom is 0.238 e. The molecule has 1 amide bonds. The first-order valence-electron chi connectivity index (χ1n) is 7.15. The number of fused-ring (bicyclic) bond motifs is 1. The number of rotatable bonds is 4. The Labute approximate surface area is 123 Å². The van der Waals surface area contributed by atoms with Crippen molar-refractivity contribution in [1.29, 1.82) is 0 Å². The van der Waals surface area contributed by atoms with E-state index in [4.69, 9.17) is 9.47 Å². The molecular weight excluding hydrogens is 272 g/mol. The number of ether oxygens (including phenoxy) is 2. The van der Waals surface area contributed by atoms with Crippen LogP contribution < -0.4 is 14.8 Å². The highest BCUT2D eigenvalue weighted by Gasteiger charge is 2.23. The molecule has 0 bridgehead atoms. The summed E-state index contributed by atoms with van der Waals surface area (Å²) in [4.78, 5) is 25.1. The molecule has 6 nitrogen and oxygen atoms in total. The van der Waals surface area contributed by atoms with Crippen molar-refractivity contribution in [2.75, 3.05) is 25.2 Å². The van der Waals surface area contributed by atoms with Crippen LogP contribution in [0.5, 0.6) is 11.5 Å². The third kappa shape index (κ3) is 3.16. The van der Waals surface area contributed by atoms with Gasteiger partial charge in [0.25, 0.3) is 0 Å². The van der Waals surface area contributed by atoms with Crippen molar-refractivity contribution < 1.29 is 19.1 Å². The highest BCUT2D eigenvalue weighted by molar-refractivity contribution is 5.92. The van der Waals surface area contributed by atoms with Gasteiger partial charge < -0.3 is 19.6 Å². The van der Waals surface area contributed by atoms with Crippen molar-refractivity contribution in [2.45, 2.75) is 25.3 Å². The Bertz CT molecular complexity index is 546. The van der Waals surface area contributed by atoms with Crippen molar-refractivity contribution >= 4 is 17.9 Å². The second-order valence-corrected chi connectivity index (χ2v) is 5.29. The SMILES string of the molecule is O=CC1CCCCN1CC(=O)Nc1ccc2c(c1)OCO2. The van der Waals surface area contributed by atoms with Crippen LogP contribution in [0, 0.1) is 0 Å². The molecule has 2 aliphatic rings. The average Bonchev–Trinajstić information content (AvgIpc) is 2.95. The molecule has 1 fully saturated rings. The molecule has 112 valence electrons. The summed E-state index contributed by atoms with van der Waals surface area (Å²) in [5.41, 5.74) is 0.670. The van der Waals surface area contributed by atoms with Crippen molar-refractivity contribution in [1.82, 2.24) is 4.90 Å². The van der Waals surface area contributed by atoms with Crippen LogP contribution in [0.2, 0.25) is 0 Å². The number of carbonyl (C=O) groups is 2. The maximum absolute atomic E-state index is 12.1. The smallest absolute Gasteiger partial charge is 0.238 e. The molecule has 6 heteroatoms. The van der Waals surface area contributed by atoms with Gasteiger partial charge in [0, 0.05) is 11.8 Å². The second kappa shape index (κ2) is 6.13. The lowest BCUT2D eigenvalue weighted by Gasteiger charge is -2.31.